The van der Waals surface area contributed by atoms with Crippen LogP contribution in [0.3, 0.4) is 0 Å². The maximum atomic E-state index is 9.32. The number of nitrogens with two attached hydrogens (primary N) is 2. The van der Waals surface area contributed by atoms with Crippen molar-refractivity contribution in [2.75, 3.05) is 23.7 Å². The zero-order valence-electron chi connectivity index (χ0n) is 20.4. The number of anilines is 2. The number of hydrogen-bond acceptors (Lipinski definition) is 9. The molecule has 6 rings (SSSR count). The molecule has 2 aliphatic rings. The lowest BCUT2D eigenvalue weighted by Gasteiger charge is -2.25. The van der Waals surface area contributed by atoms with Crippen LogP contribution in [0.4, 0.5) is 11.5 Å². The van der Waals surface area contributed by atoms with Crippen LogP contribution in [-0.2, 0) is 13.0 Å². The van der Waals surface area contributed by atoms with Crippen LogP contribution in [0.1, 0.15) is 37.3 Å². The molecule has 10 nitrogen and oxygen atoms in total. The van der Waals surface area contributed by atoms with Gasteiger partial charge in [0, 0.05) is 42.8 Å². The summed E-state index contributed by atoms with van der Waals surface area (Å²) in [4.78, 5) is 29.0. The summed E-state index contributed by atoms with van der Waals surface area (Å²) in [5, 5.41) is 2.75. The summed E-state index contributed by atoms with van der Waals surface area (Å²) in [6.45, 7) is 4.65. The predicted molar refractivity (Wildman–Crippen MR) is 142 cm³/mol. The van der Waals surface area contributed by atoms with Gasteiger partial charge in [0.05, 0.1) is 18.9 Å². The third kappa shape index (κ3) is 5.03. The van der Waals surface area contributed by atoms with Crippen molar-refractivity contribution in [3.63, 3.8) is 0 Å². The number of pyridine rings is 1. The maximum Gasteiger partial charge on any atom is 0.165 e. The number of rotatable bonds is 6. The first-order valence-electron chi connectivity index (χ1n) is 12.4. The summed E-state index contributed by atoms with van der Waals surface area (Å²) in [6.07, 6.45) is 11.0. The number of nitrogens with zero attached hydrogens (tertiary/aromatic N) is 7. The Hall–Kier alpha value is -3.92. The molecule has 4 aromatic rings. The molecule has 1 aliphatic carbocycles. The topological polar surface area (TPSA) is 141 Å². The molecule has 4 N–H and O–H groups in total. The third-order valence-corrected chi connectivity index (χ3v) is 6.71. The fraction of sp³-hybridized carbons (Fsp3) is 0.385. The second kappa shape index (κ2) is 10.4. The Labute approximate surface area is 209 Å². The summed E-state index contributed by atoms with van der Waals surface area (Å²) >= 11 is 0. The van der Waals surface area contributed by atoms with E-state index in [2.05, 4.69) is 55.1 Å². The zero-order chi connectivity index (χ0) is 25.1. The van der Waals surface area contributed by atoms with Gasteiger partial charge in [0.15, 0.2) is 11.5 Å². The molecule has 36 heavy (non-hydrogen) atoms. The van der Waals surface area contributed by atoms with Gasteiger partial charge in [-0.1, -0.05) is 24.2 Å². The Morgan fingerprint density at radius 1 is 1.14 bits per heavy atom. The molecule has 0 spiro atoms. The molecule has 1 aliphatic heterocycles. The van der Waals surface area contributed by atoms with Crippen LogP contribution in [0.2, 0.25) is 0 Å². The van der Waals surface area contributed by atoms with Crippen molar-refractivity contribution in [1.82, 2.24) is 24.5 Å². The molecule has 186 valence electrons. The number of nitroso groups, excluding NO2 is 1. The van der Waals surface area contributed by atoms with Crippen molar-refractivity contribution >= 4 is 22.7 Å². The quantitative estimate of drug-likeness (QED) is 0.395. The van der Waals surface area contributed by atoms with E-state index in [0.29, 0.717) is 17.9 Å². The van der Waals surface area contributed by atoms with Crippen molar-refractivity contribution in [3.8, 4) is 11.1 Å². The van der Waals surface area contributed by atoms with E-state index in [9.17, 15) is 4.91 Å². The molecule has 1 saturated carbocycles. The minimum Gasteiger partial charge on any atom is -0.382 e. The van der Waals surface area contributed by atoms with Gasteiger partial charge in [-0.3, -0.25) is 4.98 Å². The lowest BCUT2D eigenvalue weighted by atomic mass is 9.95. The van der Waals surface area contributed by atoms with Gasteiger partial charge in [0.2, 0.25) is 0 Å². The number of aromatic nitrogens is 5. The molecule has 2 fully saturated rings. The highest BCUT2D eigenvalue weighted by Crippen LogP contribution is 2.34. The van der Waals surface area contributed by atoms with Crippen LogP contribution in [-0.4, -0.2) is 49.7 Å². The fourth-order valence-corrected chi connectivity index (χ4v) is 4.57. The second-order valence-electron chi connectivity index (χ2n) is 9.36. The van der Waals surface area contributed by atoms with Crippen LogP contribution in [0, 0.1) is 4.91 Å². The summed E-state index contributed by atoms with van der Waals surface area (Å²) < 4.78 is 2.05. The molecule has 0 radical (unpaired) electrons. The van der Waals surface area contributed by atoms with Gasteiger partial charge in [0.25, 0.3) is 0 Å². The van der Waals surface area contributed by atoms with E-state index in [0.717, 1.165) is 50.0 Å². The largest absolute Gasteiger partial charge is 0.382 e. The number of aryl methyl sites for hydroxylation is 1. The van der Waals surface area contributed by atoms with Crippen molar-refractivity contribution < 1.29 is 0 Å². The first-order valence-corrected chi connectivity index (χ1v) is 12.4. The van der Waals surface area contributed by atoms with Crippen molar-refractivity contribution in [2.24, 2.45) is 10.9 Å². The smallest absolute Gasteiger partial charge is 0.165 e. The average molecular weight is 486 g/mol. The molecule has 0 amide bonds. The summed E-state index contributed by atoms with van der Waals surface area (Å²) in [5.41, 5.74) is 19.7. The highest BCUT2D eigenvalue weighted by atomic mass is 16.3. The number of imidazole rings is 1. The summed E-state index contributed by atoms with van der Waals surface area (Å²) in [5.74, 6) is 0.400. The predicted octanol–water partition coefficient (Wildman–Crippen LogP) is 3.53. The molecule has 3 aromatic heterocycles. The van der Waals surface area contributed by atoms with Crippen molar-refractivity contribution in [3.05, 3.63) is 65.3 Å². The van der Waals surface area contributed by atoms with Gasteiger partial charge in [-0.15, -0.1) is 0 Å². The number of fused-ring (bicyclic) bond motifs is 1. The van der Waals surface area contributed by atoms with E-state index in [1.54, 1.807) is 12.5 Å². The van der Waals surface area contributed by atoms with Crippen LogP contribution >= 0.6 is 0 Å². The van der Waals surface area contributed by atoms with Gasteiger partial charge >= 0.3 is 0 Å². The van der Waals surface area contributed by atoms with E-state index in [1.165, 1.54) is 28.7 Å². The molecule has 1 atom stereocenters. The monoisotopic (exact) mass is 485 g/mol. The van der Waals surface area contributed by atoms with Crippen LogP contribution < -0.4 is 16.4 Å². The Kier molecular flexibility index (Phi) is 6.86. The molecule has 10 heteroatoms. The normalized spacial score (nSPS) is 17.2. The average Bonchev–Trinajstić information content (AvgIpc) is 3.53. The minimum atomic E-state index is 0.196. The lowest BCUT2D eigenvalue weighted by Crippen LogP contribution is -2.27. The Bertz CT molecular complexity index is 1350. The van der Waals surface area contributed by atoms with Gasteiger partial charge in [-0.2, -0.15) is 4.91 Å². The van der Waals surface area contributed by atoms with Crippen LogP contribution in [0.5, 0.6) is 0 Å². The molecule has 4 heterocycles. The van der Waals surface area contributed by atoms with E-state index < -0.39 is 0 Å². The highest BCUT2D eigenvalue weighted by molar-refractivity contribution is 5.81. The number of hydrogen-bond donors (Lipinski definition) is 2. The zero-order valence-corrected chi connectivity index (χ0v) is 20.4. The first-order chi connectivity index (χ1) is 17.6. The van der Waals surface area contributed by atoms with Crippen molar-refractivity contribution in [2.45, 2.75) is 51.2 Å². The molecular weight excluding hydrogens is 454 g/mol. The van der Waals surface area contributed by atoms with E-state index in [4.69, 9.17) is 11.5 Å². The SMILES string of the molecule is CCc1cc(-c2cccnc2)cc(N2CCC(N)C2)c1Cn1cnc2c(N)ncnc21.O=NC1CC1. The highest BCUT2D eigenvalue weighted by Gasteiger charge is 2.24. The fourth-order valence-electron chi connectivity index (χ4n) is 4.57. The van der Waals surface area contributed by atoms with Gasteiger partial charge in [-0.25, -0.2) is 15.0 Å². The molecule has 0 bridgehead atoms. The Balaban J connectivity index is 0.000000477. The van der Waals surface area contributed by atoms with Gasteiger partial charge in [0.1, 0.15) is 11.8 Å². The third-order valence-electron chi connectivity index (χ3n) is 6.71. The standard InChI is InChI=1S/C23H26N8.C3H5NO/c1-2-15-8-17(16-4-3-6-26-10-16)9-20(30-7-5-18(24)11-30)19(15)12-31-14-29-21-22(25)27-13-28-23(21)31;5-4-3-1-2-3/h3-4,6,8-10,13-14,18H,2,5,7,11-12,24H2,1H3,(H2,25,27,28);3H,1-2H2. The van der Waals surface area contributed by atoms with E-state index >= 15 is 0 Å². The number of nitrogen functional groups attached to an aromatic ring is 1. The van der Waals surface area contributed by atoms with E-state index in [1.807, 2.05) is 16.8 Å². The maximum absolute atomic E-state index is 9.32. The second-order valence-corrected chi connectivity index (χ2v) is 9.36. The molecular formula is C26H31N9O. The van der Waals surface area contributed by atoms with Crippen LogP contribution in [0.25, 0.3) is 22.3 Å². The Morgan fingerprint density at radius 2 is 2.00 bits per heavy atom. The molecule has 1 unspecified atom stereocenters. The first kappa shape index (κ1) is 23.8. The van der Waals surface area contributed by atoms with Gasteiger partial charge in [-0.05, 0) is 54.5 Å². The minimum absolute atomic E-state index is 0.196. The summed E-state index contributed by atoms with van der Waals surface area (Å²) in [7, 11) is 0. The Morgan fingerprint density at radius 3 is 2.64 bits per heavy atom. The van der Waals surface area contributed by atoms with E-state index in [-0.39, 0.29) is 12.1 Å². The molecule has 1 aromatic carbocycles. The van der Waals surface area contributed by atoms with Crippen LogP contribution in [0.15, 0.2) is 54.5 Å². The molecule has 1 saturated heterocycles. The lowest BCUT2D eigenvalue weighted by molar-refractivity contribution is 0.750. The number of benzene rings is 1. The van der Waals surface area contributed by atoms with Crippen molar-refractivity contribution in [1.29, 1.82) is 0 Å². The van der Waals surface area contributed by atoms with Gasteiger partial charge < -0.3 is 20.9 Å². The summed E-state index contributed by atoms with van der Waals surface area (Å²) in [6, 6.07) is 9.02.